The van der Waals surface area contributed by atoms with E-state index in [4.69, 9.17) is 19.3 Å². The monoisotopic (exact) mass is 932 g/mol. The van der Waals surface area contributed by atoms with Crippen molar-refractivity contribution in [1.82, 2.24) is 0 Å². The van der Waals surface area contributed by atoms with Crippen LogP contribution in [-0.2, 0) is 20.2 Å². The minimum Gasteiger partial charge on any atom is -0.396 e. The van der Waals surface area contributed by atoms with Crippen LogP contribution in [0.25, 0.3) is 0 Å². The van der Waals surface area contributed by atoms with Gasteiger partial charge < -0.3 is 10.2 Å². The molecule has 0 saturated heterocycles. The maximum absolute atomic E-state index is 13.0. The maximum Gasteiger partial charge on any atom is 0.460 e. The first kappa shape index (κ1) is 57.2. The zero-order valence-corrected chi connectivity index (χ0v) is 26.6. The Labute approximate surface area is 286 Å². The molecule has 0 rings (SSSR count). The molecule has 336 valence electrons. The second kappa shape index (κ2) is 17.0. The van der Waals surface area contributed by atoms with Gasteiger partial charge in [0.2, 0.25) is 0 Å². The zero-order chi connectivity index (χ0) is 45.9. The molecule has 4 N–H and O–H groups in total. The Hall–Kier alpha value is -2.08. The van der Waals surface area contributed by atoms with Gasteiger partial charge in [-0.25, -0.2) is 0 Å². The first-order valence-corrected chi connectivity index (χ1v) is 15.6. The number of aliphatic hydroxyl groups excluding tert-OH is 2. The SMILES string of the molecule is O=S(=O)(O)CCC(F)(F)C(F)(F)C(F)(F)C(F)(F)C(F)(F)C(F)(F)F.O=S(=O)(O)CCC(F)(F)C(F)(F)C(F)(F)C(F)(F)C(F)(F)C(F)(F)F.OCCCO. The summed E-state index contributed by atoms with van der Waals surface area (Å²) >= 11 is 0. The number of hydrogen-bond acceptors (Lipinski definition) is 6. The van der Waals surface area contributed by atoms with Gasteiger partial charge in [-0.1, -0.05) is 0 Å². The summed E-state index contributed by atoms with van der Waals surface area (Å²) < 4.78 is 384. The number of aliphatic hydroxyl groups is 2. The van der Waals surface area contributed by atoms with Crippen LogP contribution in [0, 0.1) is 0 Å². The van der Waals surface area contributed by atoms with Crippen LogP contribution < -0.4 is 0 Å². The highest BCUT2D eigenvalue weighted by Gasteiger charge is 2.92. The second-order valence-corrected chi connectivity index (χ2v) is 13.0. The molecule has 0 saturated carbocycles. The molecular formula is C19H18F26O8S2. The molecular weight excluding hydrogens is 914 g/mol. The number of rotatable bonds is 16. The smallest absolute Gasteiger partial charge is 0.396 e. The van der Waals surface area contributed by atoms with Crippen molar-refractivity contribution in [3.05, 3.63) is 0 Å². The van der Waals surface area contributed by atoms with E-state index in [0.717, 1.165) is 0 Å². The van der Waals surface area contributed by atoms with E-state index in [1.165, 1.54) is 0 Å². The van der Waals surface area contributed by atoms with Crippen molar-refractivity contribution in [1.29, 1.82) is 0 Å². The minimum atomic E-state index is -8.04. The van der Waals surface area contributed by atoms with E-state index in [1.807, 2.05) is 0 Å². The third kappa shape index (κ3) is 12.0. The van der Waals surface area contributed by atoms with Crippen LogP contribution in [0.15, 0.2) is 0 Å². The normalized spacial score (nSPS) is 15.5. The van der Waals surface area contributed by atoms with Gasteiger partial charge in [-0.05, 0) is 6.42 Å². The van der Waals surface area contributed by atoms with Crippen molar-refractivity contribution in [3.63, 3.8) is 0 Å². The van der Waals surface area contributed by atoms with Gasteiger partial charge in [0.05, 0.1) is 11.5 Å². The van der Waals surface area contributed by atoms with Crippen LogP contribution in [0.1, 0.15) is 19.3 Å². The van der Waals surface area contributed by atoms with Gasteiger partial charge >= 0.3 is 71.6 Å². The summed E-state index contributed by atoms with van der Waals surface area (Å²) in [5.41, 5.74) is 0. The Kier molecular flexibility index (Phi) is 17.7. The molecule has 55 heavy (non-hydrogen) atoms. The summed E-state index contributed by atoms with van der Waals surface area (Å²) in [6.45, 7) is 0.188. The van der Waals surface area contributed by atoms with Gasteiger partial charge in [-0.3, -0.25) is 9.11 Å². The van der Waals surface area contributed by atoms with E-state index in [-0.39, 0.29) is 13.2 Å². The average molecular weight is 932 g/mol. The lowest BCUT2D eigenvalue weighted by molar-refractivity contribution is -0.439. The standard InChI is InChI=1S/2C8H5F13O3S.C3H8O2/c2*9-3(10,1-2-25(22,23)24)4(11,12)5(13,14)6(15,16)7(17,18)8(19,20)21;4-2-1-3-5/h2*1-2H2,(H,22,23,24);4-5H,1-3H2. The number of alkyl halides is 26. The zero-order valence-electron chi connectivity index (χ0n) is 25.0. The fourth-order valence-corrected chi connectivity index (χ4v) is 3.53. The van der Waals surface area contributed by atoms with Crippen LogP contribution >= 0.6 is 0 Å². The summed E-state index contributed by atoms with van der Waals surface area (Å²) in [6, 6.07) is 0. The molecule has 0 amide bonds. The molecule has 0 unspecified atom stereocenters. The third-order valence-electron chi connectivity index (χ3n) is 5.66. The molecule has 0 bridgehead atoms. The molecule has 0 heterocycles. The Morgan fingerprint density at radius 2 is 0.509 bits per heavy atom. The van der Waals surface area contributed by atoms with E-state index in [2.05, 4.69) is 0 Å². The van der Waals surface area contributed by atoms with Crippen molar-refractivity contribution >= 4 is 20.2 Å². The third-order valence-corrected chi connectivity index (χ3v) is 7.10. The summed E-state index contributed by atoms with van der Waals surface area (Å²) in [7, 11) is -11.0. The van der Waals surface area contributed by atoms with Gasteiger partial charge in [0, 0.05) is 26.1 Å². The fourth-order valence-electron chi connectivity index (χ4n) is 2.50. The largest absolute Gasteiger partial charge is 0.460 e. The van der Waals surface area contributed by atoms with Crippen molar-refractivity contribution in [2.45, 2.75) is 90.8 Å². The summed E-state index contributed by atoms with van der Waals surface area (Å²) in [5, 5.41) is 15.8. The lowest BCUT2D eigenvalue weighted by atomic mass is 9.93. The predicted octanol–water partition coefficient (Wildman–Crippen LogP) is 7.37. The van der Waals surface area contributed by atoms with Gasteiger partial charge in [0.25, 0.3) is 20.2 Å². The highest BCUT2D eigenvalue weighted by molar-refractivity contribution is 7.86. The minimum absolute atomic E-state index is 0.0938. The highest BCUT2D eigenvalue weighted by atomic mass is 32.2. The predicted molar refractivity (Wildman–Crippen MR) is 122 cm³/mol. The second-order valence-electron chi connectivity index (χ2n) is 9.87. The van der Waals surface area contributed by atoms with E-state index in [0.29, 0.717) is 6.42 Å². The Morgan fingerprint density at radius 3 is 0.636 bits per heavy atom. The topological polar surface area (TPSA) is 149 Å². The molecule has 0 aliphatic rings. The molecule has 36 heteroatoms. The Balaban J connectivity index is -0.000000874. The van der Waals surface area contributed by atoms with Crippen LogP contribution in [0.5, 0.6) is 0 Å². The van der Waals surface area contributed by atoms with E-state index >= 15 is 0 Å². The Bertz CT molecular complexity index is 1350. The molecule has 0 aromatic carbocycles. The highest BCUT2D eigenvalue weighted by Crippen LogP contribution is 2.62. The first-order valence-electron chi connectivity index (χ1n) is 12.4. The molecule has 0 aliphatic heterocycles. The summed E-state index contributed by atoms with van der Waals surface area (Å²) in [5.74, 6) is -80.7. The van der Waals surface area contributed by atoms with Crippen molar-refractivity contribution < 1.29 is 150 Å². The first-order chi connectivity index (χ1) is 23.3. The van der Waals surface area contributed by atoms with Crippen molar-refractivity contribution in [2.75, 3.05) is 24.7 Å². The summed E-state index contributed by atoms with van der Waals surface area (Å²) in [6.07, 6.45) is -20.5. The van der Waals surface area contributed by atoms with E-state index in [9.17, 15) is 131 Å². The molecule has 0 aliphatic carbocycles. The van der Waals surface area contributed by atoms with Crippen LogP contribution in [-0.4, -0.2) is 132 Å². The number of halogens is 26. The van der Waals surface area contributed by atoms with Crippen molar-refractivity contribution in [3.8, 4) is 0 Å². The summed E-state index contributed by atoms with van der Waals surface area (Å²) in [4.78, 5) is 0. The van der Waals surface area contributed by atoms with Gasteiger partial charge in [0.15, 0.2) is 0 Å². The molecule has 0 aromatic heterocycles. The van der Waals surface area contributed by atoms with Crippen molar-refractivity contribution in [2.24, 2.45) is 0 Å². The van der Waals surface area contributed by atoms with Crippen LogP contribution in [0.4, 0.5) is 114 Å². The molecule has 0 fully saturated rings. The number of hydrogen-bond donors (Lipinski definition) is 4. The maximum atomic E-state index is 13.0. The van der Waals surface area contributed by atoms with E-state index < -0.39 is 116 Å². The molecule has 0 atom stereocenters. The quantitative estimate of drug-likeness (QED) is 0.0927. The van der Waals surface area contributed by atoms with Gasteiger partial charge in [-0.2, -0.15) is 131 Å². The molecule has 8 nitrogen and oxygen atoms in total. The Morgan fingerprint density at radius 1 is 0.327 bits per heavy atom. The molecule has 0 spiro atoms. The van der Waals surface area contributed by atoms with Crippen LogP contribution in [0.2, 0.25) is 0 Å². The van der Waals surface area contributed by atoms with E-state index in [1.54, 1.807) is 0 Å². The van der Waals surface area contributed by atoms with Crippen LogP contribution in [0.3, 0.4) is 0 Å². The molecule has 0 aromatic rings. The van der Waals surface area contributed by atoms with Gasteiger partial charge in [0.1, 0.15) is 0 Å². The molecule has 0 radical (unpaired) electrons. The lowest BCUT2D eigenvalue weighted by Crippen LogP contribution is -2.70. The average Bonchev–Trinajstić information content (AvgIpc) is 2.93. The lowest BCUT2D eigenvalue weighted by Gasteiger charge is -2.39. The van der Waals surface area contributed by atoms with Gasteiger partial charge in [-0.15, -0.1) is 0 Å². The fraction of sp³-hybridized carbons (Fsp3) is 1.00.